The standard InChI is InChI=1S/C18H17N5OS/c1-13-7-9-15(10-8-13)16(24)12-25-18-20-17(22-23-18)21-19-11-14-5-3-2-4-6-14/h2-11H,12H2,1H3,(H2,20,21,22,23)/b19-11-. The number of aromatic amines is 1. The number of hydrogen-bond donors (Lipinski definition) is 2. The Morgan fingerprint density at radius 1 is 1.20 bits per heavy atom. The number of rotatable bonds is 7. The number of carbonyl (C=O) groups is 1. The molecule has 0 spiro atoms. The summed E-state index contributed by atoms with van der Waals surface area (Å²) in [6, 6.07) is 17.2. The van der Waals surface area contributed by atoms with E-state index >= 15 is 0 Å². The zero-order chi connectivity index (χ0) is 17.5. The highest BCUT2D eigenvalue weighted by molar-refractivity contribution is 7.99. The first-order chi connectivity index (χ1) is 12.2. The van der Waals surface area contributed by atoms with Gasteiger partial charge >= 0.3 is 0 Å². The van der Waals surface area contributed by atoms with Gasteiger partial charge in [0.1, 0.15) is 0 Å². The first kappa shape index (κ1) is 16.9. The van der Waals surface area contributed by atoms with Crippen LogP contribution in [0.15, 0.2) is 64.9 Å². The fraction of sp³-hybridized carbons (Fsp3) is 0.111. The average molecular weight is 351 g/mol. The lowest BCUT2D eigenvalue weighted by atomic mass is 10.1. The Labute approximate surface area is 149 Å². The van der Waals surface area contributed by atoms with E-state index < -0.39 is 0 Å². The Balaban J connectivity index is 1.50. The smallest absolute Gasteiger partial charge is 0.240 e. The summed E-state index contributed by atoms with van der Waals surface area (Å²) in [7, 11) is 0. The molecule has 0 bridgehead atoms. The van der Waals surface area contributed by atoms with Crippen LogP contribution in [-0.4, -0.2) is 32.9 Å². The Kier molecular flexibility index (Phi) is 5.58. The minimum atomic E-state index is 0.0476. The van der Waals surface area contributed by atoms with Gasteiger partial charge < -0.3 is 0 Å². The minimum Gasteiger partial charge on any atom is -0.293 e. The molecule has 2 aromatic carbocycles. The molecule has 2 N–H and O–H groups in total. The van der Waals surface area contributed by atoms with Crippen molar-refractivity contribution in [2.75, 3.05) is 11.2 Å². The van der Waals surface area contributed by atoms with Crippen LogP contribution in [0.2, 0.25) is 0 Å². The van der Waals surface area contributed by atoms with Crippen LogP contribution in [-0.2, 0) is 0 Å². The maximum Gasteiger partial charge on any atom is 0.240 e. The van der Waals surface area contributed by atoms with Crippen molar-refractivity contribution in [3.63, 3.8) is 0 Å². The van der Waals surface area contributed by atoms with Gasteiger partial charge in [-0.05, 0) is 12.5 Å². The Bertz CT molecular complexity index is 859. The van der Waals surface area contributed by atoms with Crippen LogP contribution in [0.4, 0.5) is 5.95 Å². The third-order valence-corrected chi connectivity index (χ3v) is 4.20. The zero-order valence-corrected chi connectivity index (χ0v) is 14.5. The summed E-state index contributed by atoms with van der Waals surface area (Å²) in [4.78, 5) is 16.4. The van der Waals surface area contributed by atoms with Crippen molar-refractivity contribution in [1.82, 2.24) is 15.2 Å². The van der Waals surface area contributed by atoms with Crippen molar-refractivity contribution in [1.29, 1.82) is 0 Å². The third kappa shape index (κ3) is 5.02. The van der Waals surface area contributed by atoms with Gasteiger partial charge in [-0.25, -0.2) is 10.5 Å². The van der Waals surface area contributed by atoms with Gasteiger partial charge in [0.25, 0.3) is 0 Å². The van der Waals surface area contributed by atoms with Crippen LogP contribution >= 0.6 is 11.8 Å². The molecule has 0 unspecified atom stereocenters. The number of thioether (sulfide) groups is 1. The largest absolute Gasteiger partial charge is 0.293 e. The van der Waals surface area contributed by atoms with Gasteiger partial charge in [0, 0.05) is 5.56 Å². The highest BCUT2D eigenvalue weighted by Gasteiger charge is 2.09. The van der Waals surface area contributed by atoms with Crippen LogP contribution in [0.3, 0.4) is 0 Å². The molecule has 25 heavy (non-hydrogen) atoms. The van der Waals surface area contributed by atoms with E-state index in [1.165, 1.54) is 11.8 Å². The van der Waals surface area contributed by atoms with E-state index in [2.05, 4.69) is 25.7 Å². The number of carbonyl (C=O) groups excluding carboxylic acids is 1. The van der Waals surface area contributed by atoms with Crippen molar-refractivity contribution < 1.29 is 4.79 Å². The van der Waals surface area contributed by atoms with E-state index in [0.717, 1.165) is 11.1 Å². The summed E-state index contributed by atoms with van der Waals surface area (Å²) in [6.45, 7) is 1.99. The fourth-order valence-corrected chi connectivity index (χ4v) is 2.71. The molecule has 0 amide bonds. The van der Waals surface area contributed by atoms with Crippen molar-refractivity contribution in [2.45, 2.75) is 12.1 Å². The van der Waals surface area contributed by atoms with E-state index in [-0.39, 0.29) is 11.5 Å². The predicted octanol–water partition coefficient (Wildman–Crippen LogP) is 3.53. The molecular formula is C18H17N5OS. The monoisotopic (exact) mass is 351 g/mol. The molecule has 6 nitrogen and oxygen atoms in total. The molecule has 0 aliphatic heterocycles. The molecule has 0 saturated heterocycles. The van der Waals surface area contributed by atoms with Crippen molar-refractivity contribution in [3.8, 4) is 0 Å². The molecule has 0 fully saturated rings. The van der Waals surface area contributed by atoms with E-state index in [0.29, 0.717) is 16.7 Å². The quantitative estimate of drug-likeness (QED) is 0.294. The van der Waals surface area contributed by atoms with Gasteiger partial charge in [0.2, 0.25) is 11.1 Å². The second-order valence-electron chi connectivity index (χ2n) is 5.33. The molecule has 126 valence electrons. The Morgan fingerprint density at radius 3 is 2.72 bits per heavy atom. The molecule has 0 radical (unpaired) electrons. The van der Waals surface area contributed by atoms with Gasteiger partial charge in [-0.3, -0.25) is 4.79 Å². The number of hydrazone groups is 1. The molecule has 0 aliphatic rings. The number of aryl methyl sites for hydroxylation is 1. The van der Waals surface area contributed by atoms with Crippen LogP contribution in [0.1, 0.15) is 21.5 Å². The molecule has 3 rings (SSSR count). The second-order valence-corrected chi connectivity index (χ2v) is 6.27. The van der Waals surface area contributed by atoms with Crippen LogP contribution in [0, 0.1) is 6.92 Å². The molecule has 0 saturated carbocycles. The molecule has 1 heterocycles. The van der Waals surface area contributed by atoms with Crippen LogP contribution in [0.5, 0.6) is 0 Å². The number of hydrogen-bond acceptors (Lipinski definition) is 6. The summed E-state index contributed by atoms with van der Waals surface area (Å²) in [5.74, 6) is 0.761. The summed E-state index contributed by atoms with van der Waals surface area (Å²) in [5, 5.41) is 11.4. The van der Waals surface area contributed by atoms with E-state index in [4.69, 9.17) is 0 Å². The number of nitrogens with one attached hydrogen (secondary N) is 2. The third-order valence-electron chi connectivity index (χ3n) is 3.35. The summed E-state index contributed by atoms with van der Waals surface area (Å²) >= 11 is 1.28. The fourth-order valence-electron chi connectivity index (χ4n) is 2.02. The second kappa shape index (κ2) is 8.25. The SMILES string of the molecule is Cc1ccc(C(=O)CSc2n[nH]c(N/N=C\c3ccccc3)n2)cc1. The Morgan fingerprint density at radius 2 is 1.96 bits per heavy atom. The van der Waals surface area contributed by atoms with Gasteiger partial charge in [-0.1, -0.05) is 71.9 Å². The first-order valence-corrected chi connectivity index (χ1v) is 8.68. The van der Waals surface area contributed by atoms with E-state index in [1.807, 2.05) is 61.5 Å². The van der Waals surface area contributed by atoms with Crippen molar-refractivity contribution >= 4 is 29.7 Å². The topological polar surface area (TPSA) is 83.0 Å². The van der Waals surface area contributed by atoms with Crippen LogP contribution in [0.25, 0.3) is 0 Å². The molecular weight excluding hydrogens is 334 g/mol. The van der Waals surface area contributed by atoms with Crippen molar-refractivity contribution in [3.05, 3.63) is 71.3 Å². The Hall–Kier alpha value is -2.93. The van der Waals surface area contributed by atoms with Gasteiger partial charge in [0.05, 0.1) is 12.0 Å². The zero-order valence-electron chi connectivity index (χ0n) is 13.6. The normalized spacial score (nSPS) is 10.9. The lowest BCUT2D eigenvalue weighted by molar-refractivity contribution is 0.102. The molecule has 0 aliphatic carbocycles. The lowest BCUT2D eigenvalue weighted by Crippen LogP contribution is -2.02. The predicted molar refractivity (Wildman–Crippen MR) is 100 cm³/mol. The minimum absolute atomic E-state index is 0.0476. The highest BCUT2D eigenvalue weighted by atomic mass is 32.2. The lowest BCUT2D eigenvalue weighted by Gasteiger charge is -1.99. The van der Waals surface area contributed by atoms with Crippen LogP contribution < -0.4 is 5.43 Å². The van der Waals surface area contributed by atoms with E-state index in [1.54, 1.807) is 6.21 Å². The number of aromatic nitrogens is 3. The maximum atomic E-state index is 12.1. The first-order valence-electron chi connectivity index (χ1n) is 7.70. The summed E-state index contributed by atoms with van der Waals surface area (Å²) in [5.41, 5.74) is 5.58. The number of benzene rings is 2. The van der Waals surface area contributed by atoms with Gasteiger partial charge in [-0.2, -0.15) is 10.1 Å². The summed E-state index contributed by atoms with van der Waals surface area (Å²) < 4.78 is 0. The number of nitrogens with zero attached hydrogens (tertiary/aromatic N) is 3. The maximum absolute atomic E-state index is 12.1. The van der Waals surface area contributed by atoms with Gasteiger partial charge in [0.15, 0.2) is 5.78 Å². The average Bonchev–Trinajstić information content (AvgIpc) is 3.09. The van der Waals surface area contributed by atoms with Crippen molar-refractivity contribution in [2.24, 2.45) is 5.10 Å². The number of anilines is 1. The number of ketones is 1. The summed E-state index contributed by atoms with van der Waals surface area (Å²) in [6.07, 6.45) is 1.69. The molecule has 0 atom stereocenters. The highest BCUT2D eigenvalue weighted by Crippen LogP contribution is 2.16. The number of Topliss-reactive ketones (excluding diaryl/α,β-unsaturated/α-hetero) is 1. The molecule has 7 heteroatoms. The molecule has 1 aromatic heterocycles. The number of H-pyrrole nitrogens is 1. The van der Waals surface area contributed by atoms with Gasteiger partial charge in [-0.15, -0.1) is 5.10 Å². The van der Waals surface area contributed by atoms with E-state index in [9.17, 15) is 4.79 Å². The molecule has 3 aromatic rings.